The van der Waals surface area contributed by atoms with Crippen LogP contribution in [0.1, 0.15) is 68.9 Å². The molecule has 0 radical (unpaired) electrons. The van der Waals surface area contributed by atoms with E-state index in [1.54, 1.807) is 0 Å². The topological polar surface area (TPSA) is 23.8 Å². The lowest BCUT2D eigenvalue weighted by molar-refractivity contribution is 0.116. The van der Waals surface area contributed by atoms with Gasteiger partial charge in [-0.2, -0.15) is 5.26 Å². The molecule has 124 valence electrons. The third kappa shape index (κ3) is 2.95. The third-order valence-electron chi connectivity index (χ3n) is 6.76. The van der Waals surface area contributed by atoms with Crippen molar-refractivity contribution in [2.75, 3.05) is 0 Å². The standard InChI is InChI=1S/C23H27N/c1-2-16-3-5-20-13-22(9-7-18(20)11-16)23-10-8-19-12-17(15-24)4-6-21(19)14-23/h4,6,8,10,12,14,16,18,20,22H,2-3,5,7,9,11,13H2,1H3. The molecule has 0 heterocycles. The fourth-order valence-electron chi connectivity index (χ4n) is 5.25. The Morgan fingerprint density at radius 1 is 0.917 bits per heavy atom. The highest BCUT2D eigenvalue weighted by atomic mass is 14.4. The van der Waals surface area contributed by atoms with E-state index in [0.717, 1.165) is 29.2 Å². The van der Waals surface area contributed by atoms with Crippen LogP contribution in [0.25, 0.3) is 10.8 Å². The number of hydrogen-bond donors (Lipinski definition) is 0. The molecule has 0 N–H and O–H groups in total. The lowest BCUT2D eigenvalue weighted by atomic mass is 9.63. The zero-order chi connectivity index (χ0) is 16.5. The van der Waals surface area contributed by atoms with Crippen LogP contribution >= 0.6 is 0 Å². The van der Waals surface area contributed by atoms with E-state index in [2.05, 4.69) is 37.3 Å². The molecule has 0 aromatic heterocycles. The minimum absolute atomic E-state index is 0.740. The van der Waals surface area contributed by atoms with Gasteiger partial charge >= 0.3 is 0 Å². The summed E-state index contributed by atoms with van der Waals surface area (Å²) in [4.78, 5) is 0. The number of benzene rings is 2. The van der Waals surface area contributed by atoms with Crippen molar-refractivity contribution >= 4 is 10.8 Å². The maximum absolute atomic E-state index is 9.05. The molecule has 2 aromatic rings. The van der Waals surface area contributed by atoms with Gasteiger partial charge in [0.1, 0.15) is 0 Å². The Kier molecular flexibility index (Phi) is 4.31. The van der Waals surface area contributed by atoms with Crippen LogP contribution in [0.2, 0.25) is 0 Å². The summed E-state index contributed by atoms with van der Waals surface area (Å²) in [5.74, 6) is 3.70. The molecule has 4 unspecified atom stereocenters. The number of rotatable bonds is 2. The highest BCUT2D eigenvalue weighted by Crippen LogP contribution is 2.48. The van der Waals surface area contributed by atoms with Crippen molar-refractivity contribution in [3.63, 3.8) is 0 Å². The number of fused-ring (bicyclic) bond motifs is 2. The molecule has 1 nitrogen and oxygen atoms in total. The Labute approximate surface area is 145 Å². The number of nitrogens with zero attached hydrogens (tertiary/aromatic N) is 1. The van der Waals surface area contributed by atoms with Crippen LogP contribution in [-0.4, -0.2) is 0 Å². The number of nitriles is 1. The van der Waals surface area contributed by atoms with Crippen LogP contribution in [0.4, 0.5) is 0 Å². The molecule has 2 fully saturated rings. The first-order chi connectivity index (χ1) is 11.8. The molecular weight excluding hydrogens is 290 g/mol. The molecule has 0 saturated heterocycles. The van der Waals surface area contributed by atoms with Crippen molar-refractivity contribution in [3.05, 3.63) is 47.5 Å². The first-order valence-electron chi connectivity index (χ1n) is 9.70. The molecule has 4 atom stereocenters. The molecule has 1 heteroatoms. The van der Waals surface area contributed by atoms with Gasteiger partial charge in [0.2, 0.25) is 0 Å². The van der Waals surface area contributed by atoms with Crippen LogP contribution in [0, 0.1) is 29.1 Å². The van der Waals surface area contributed by atoms with Crippen molar-refractivity contribution in [1.82, 2.24) is 0 Å². The van der Waals surface area contributed by atoms with Gasteiger partial charge in [-0.05, 0) is 84.2 Å². The Bertz CT molecular complexity index is 769. The van der Waals surface area contributed by atoms with Crippen LogP contribution in [-0.2, 0) is 0 Å². The van der Waals surface area contributed by atoms with Crippen LogP contribution in [0.15, 0.2) is 36.4 Å². The molecule has 2 aliphatic rings. The van der Waals surface area contributed by atoms with Gasteiger partial charge in [0.15, 0.2) is 0 Å². The van der Waals surface area contributed by atoms with E-state index in [1.165, 1.54) is 61.3 Å². The van der Waals surface area contributed by atoms with Crippen molar-refractivity contribution < 1.29 is 0 Å². The average Bonchev–Trinajstić information content (AvgIpc) is 2.66. The molecule has 2 aliphatic carbocycles. The maximum Gasteiger partial charge on any atom is 0.0991 e. The second-order valence-electron chi connectivity index (χ2n) is 8.05. The molecule has 2 aromatic carbocycles. The minimum Gasteiger partial charge on any atom is -0.192 e. The summed E-state index contributed by atoms with van der Waals surface area (Å²) in [6, 6.07) is 15.2. The molecule has 0 aliphatic heterocycles. The van der Waals surface area contributed by atoms with E-state index >= 15 is 0 Å². The first kappa shape index (κ1) is 15.7. The van der Waals surface area contributed by atoms with Gasteiger partial charge < -0.3 is 0 Å². The van der Waals surface area contributed by atoms with E-state index < -0.39 is 0 Å². The first-order valence-corrected chi connectivity index (χ1v) is 9.70. The highest BCUT2D eigenvalue weighted by Gasteiger charge is 2.35. The normalized spacial score (nSPS) is 29.8. The van der Waals surface area contributed by atoms with E-state index in [4.69, 9.17) is 5.26 Å². The Morgan fingerprint density at radius 3 is 2.50 bits per heavy atom. The summed E-state index contributed by atoms with van der Waals surface area (Å²) in [6.07, 6.45) is 9.96. The monoisotopic (exact) mass is 317 g/mol. The molecule has 0 spiro atoms. The SMILES string of the molecule is CCC1CCC2CC(c3ccc4cc(C#N)ccc4c3)CCC2C1. The lowest BCUT2D eigenvalue weighted by Gasteiger charge is -2.42. The fraction of sp³-hybridized carbons (Fsp3) is 0.522. The summed E-state index contributed by atoms with van der Waals surface area (Å²) < 4.78 is 0. The Balaban J connectivity index is 1.52. The summed E-state index contributed by atoms with van der Waals surface area (Å²) >= 11 is 0. The predicted octanol–water partition coefficient (Wildman–Crippen LogP) is 6.42. The van der Waals surface area contributed by atoms with E-state index in [9.17, 15) is 0 Å². The van der Waals surface area contributed by atoms with Crippen LogP contribution in [0.5, 0.6) is 0 Å². The second-order valence-corrected chi connectivity index (χ2v) is 8.05. The van der Waals surface area contributed by atoms with Gasteiger partial charge in [-0.15, -0.1) is 0 Å². The molecule has 0 bridgehead atoms. The second kappa shape index (κ2) is 6.60. The predicted molar refractivity (Wildman–Crippen MR) is 99.9 cm³/mol. The Hall–Kier alpha value is -1.81. The summed E-state index contributed by atoms with van der Waals surface area (Å²) in [6.45, 7) is 2.36. The van der Waals surface area contributed by atoms with Crippen LogP contribution < -0.4 is 0 Å². The van der Waals surface area contributed by atoms with E-state index in [-0.39, 0.29) is 0 Å². The quantitative estimate of drug-likeness (QED) is 0.627. The Morgan fingerprint density at radius 2 is 1.67 bits per heavy atom. The van der Waals surface area contributed by atoms with Crippen molar-refractivity contribution in [2.45, 2.75) is 57.8 Å². The van der Waals surface area contributed by atoms with Crippen molar-refractivity contribution in [2.24, 2.45) is 17.8 Å². The van der Waals surface area contributed by atoms with Gasteiger partial charge in [0, 0.05) is 0 Å². The van der Waals surface area contributed by atoms with Gasteiger partial charge in [-0.3, -0.25) is 0 Å². The van der Waals surface area contributed by atoms with Gasteiger partial charge in [0.25, 0.3) is 0 Å². The average molecular weight is 317 g/mol. The zero-order valence-electron chi connectivity index (χ0n) is 14.7. The molecule has 4 rings (SSSR count). The molecule has 24 heavy (non-hydrogen) atoms. The van der Waals surface area contributed by atoms with Crippen LogP contribution in [0.3, 0.4) is 0 Å². The molecular formula is C23H27N. The van der Waals surface area contributed by atoms with Gasteiger partial charge in [-0.1, -0.05) is 44.0 Å². The van der Waals surface area contributed by atoms with Gasteiger partial charge in [0.05, 0.1) is 11.6 Å². The van der Waals surface area contributed by atoms with Gasteiger partial charge in [-0.25, -0.2) is 0 Å². The summed E-state index contributed by atoms with van der Waals surface area (Å²) in [5.41, 5.74) is 2.27. The minimum atomic E-state index is 0.740. The largest absolute Gasteiger partial charge is 0.192 e. The maximum atomic E-state index is 9.05. The lowest BCUT2D eigenvalue weighted by Crippen LogP contribution is -2.30. The fourth-order valence-corrected chi connectivity index (χ4v) is 5.25. The molecule has 2 saturated carbocycles. The van der Waals surface area contributed by atoms with Crippen molar-refractivity contribution in [3.8, 4) is 6.07 Å². The molecule has 0 amide bonds. The summed E-state index contributed by atoms with van der Waals surface area (Å²) in [7, 11) is 0. The van der Waals surface area contributed by atoms with E-state index in [0.29, 0.717) is 0 Å². The summed E-state index contributed by atoms with van der Waals surface area (Å²) in [5, 5.41) is 11.5. The van der Waals surface area contributed by atoms with E-state index in [1.807, 2.05) is 12.1 Å². The number of hydrogen-bond acceptors (Lipinski definition) is 1. The highest BCUT2D eigenvalue weighted by molar-refractivity contribution is 5.84. The van der Waals surface area contributed by atoms with Crippen molar-refractivity contribution in [1.29, 1.82) is 5.26 Å². The smallest absolute Gasteiger partial charge is 0.0991 e. The third-order valence-corrected chi connectivity index (χ3v) is 6.76. The zero-order valence-corrected chi connectivity index (χ0v) is 14.7.